The van der Waals surface area contributed by atoms with E-state index in [2.05, 4.69) is 24.3 Å². The van der Waals surface area contributed by atoms with Gasteiger partial charge in [0.25, 0.3) is 6.47 Å². The van der Waals surface area contributed by atoms with E-state index in [1.54, 1.807) is 11.8 Å². The zero-order valence-corrected chi connectivity index (χ0v) is 10.5. The van der Waals surface area contributed by atoms with Gasteiger partial charge in [-0.15, -0.1) is 0 Å². The second kappa shape index (κ2) is 4.86. The molecule has 0 amide bonds. The van der Waals surface area contributed by atoms with Crippen LogP contribution >= 0.6 is 11.8 Å². The summed E-state index contributed by atoms with van der Waals surface area (Å²) in [4.78, 5) is 12.9. The summed E-state index contributed by atoms with van der Waals surface area (Å²) in [6.45, 7) is 0.922. The van der Waals surface area contributed by atoms with Crippen molar-refractivity contribution in [3.63, 3.8) is 0 Å². The molecule has 1 aliphatic heterocycles. The Bertz CT molecular complexity index is 535. The van der Waals surface area contributed by atoms with Gasteiger partial charge in [-0.25, -0.2) is 0 Å². The summed E-state index contributed by atoms with van der Waals surface area (Å²) < 4.78 is 5.00. The van der Waals surface area contributed by atoms with E-state index in [0.717, 1.165) is 0 Å². The average molecular weight is 256 g/mol. The molecular formula is C15H12O2S. The van der Waals surface area contributed by atoms with Gasteiger partial charge in [0.2, 0.25) is 0 Å². The van der Waals surface area contributed by atoms with Gasteiger partial charge in [0.15, 0.2) is 0 Å². The molecule has 2 aromatic rings. The van der Waals surface area contributed by atoms with Crippen LogP contribution in [0.25, 0.3) is 0 Å². The maximum absolute atomic E-state index is 10.4. The Hall–Kier alpha value is -1.74. The predicted molar refractivity (Wildman–Crippen MR) is 70.9 cm³/mol. The van der Waals surface area contributed by atoms with Crippen molar-refractivity contribution < 1.29 is 9.53 Å². The molecule has 0 atom stereocenters. The van der Waals surface area contributed by atoms with E-state index in [1.807, 2.05) is 24.3 Å². The third kappa shape index (κ3) is 1.91. The minimum atomic E-state index is 0.142. The lowest BCUT2D eigenvalue weighted by Gasteiger charge is -2.26. The van der Waals surface area contributed by atoms with Crippen LogP contribution in [0.3, 0.4) is 0 Å². The summed E-state index contributed by atoms with van der Waals surface area (Å²) >= 11 is 1.78. The number of carbonyl (C=O) groups excluding carboxylic acids is 1. The van der Waals surface area contributed by atoms with Crippen LogP contribution in [0.4, 0.5) is 0 Å². The first-order valence-electron chi connectivity index (χ1n) is 5.81. The number of carbonyl (C=O) groups is 1. The average Bonchev–Trinajstić information content (AvgIpc) is 2.43. The van der Waals surface area contributed by atoms with E-state index in [0.29, 0.717) is 13.1 Å². The van der Waals surface area contributed by atoms with Gasteiger partial charge in [0.05, 0.1) is 0 Å². The van der Waals surface area contributed by atoms with Crippen LogP contribution in [-0.2, 0) is 9.53 Å². The van der Waals surface area contributed by atoms with Gasteiger partial charge in [-0.3, -0.25) is 4.79 Å². The normalized spacial score (nSPS) is 13.6. The third-order valence-corrected chi connectivity index (χ3v) is 4.32. The zero-order chi connectivity index (χ0) is 12.4. The fourth-order valence-corrected chi connectivity index (χ4v) is 3.51. The van der Waals surface area contributed by atoms with Crippen LogP contribution in [0.5, 0.6) is 0 Å². The predicted octanol–water partition coefficient (Wildman–Crippen LogP) is 3.46. The van der Waals surface area contributed by atoms with E-state index < -0.39 is 0 Å². The summed E-state index contributed by atoms with van der Waals surface area (Å²) in [6, 6.07) is 16.6. The lowest BCUT2D eigenvalue weighted by molar-refractivity contribution is -0.128. The molecule has 2 aromatic carbocycles. The molecule has 0 spiro atoms. The molecule has 3 rings (SSSR count). The molecule has 0 unspecified atom stereocenters. The molecule has 90 valence electrons. The summed E-state index contributed by atoms with van der Waals surface area (Å²) in [5.74, 6) is 0.142. The highest BCUT2D eigenvalue weighted by Crippen LogP contribution is 2.45. The summed E-state index contributed by atoms with van der Waals surface area (Å²) in [6.07, 6.45) is 0. The van der Waals surface area contributed by atoms with E-state index in [-0.39, 0.29) is 5.92 Å². The molecule has 1 aliphatic rings. The van der Waals surface area contributed by atoms with Crippen LogP contribution in [0.15, 0.2) is 58.3 Å². The molecule has 0 aliphatic carbocycles. The molecule has 0 saturated heterocycles. The van der Waals surface area contributed by atoms with Gasteiger partial charge in [-0.2, -0.15) is 0 Å². The highest BCUT2D eigenvalue weighted by Gasteiger charge is 2.25. The van der Waals surface area contributed by atoms with Gasteiger partial charge >= 0.3 is 0 Å². The van der Waals surface area contributed by atoms with Crippen molar-refractivity contribution in [2.24, 2.45) is 0 Å². The van der Waals surface area contributed by atoms with Gasteiger partial charge in [-0.1, -0.05) is 48.2 Å². The lowest BCUT2D eigenvalue weighted by atomic mass is 9.91. The van der Waals surface area contributed by atoms with Crippen molar-refractivity contribution >= 4 is 18.2 Å². The maximum Gasteiger partial charge on any atom is 0.293 e. The number of hydrogen-bond acceptors (Lipinski definition) is 3. The summed E-state index contributed by atoms with van der Waals surface area (Å²) in [5.41, 5.74) is 2.48. The minimum Gasteiger partial charge on any atom is -0.467 e. The van der Waals surface area contributed by atoms with Crippen LogP contribution < -0.4 is 0 Å². The molecule has 0 fully saturated rings. The van der Waals surface area contributed by atoms with Crippen molar-refractivity contribution in [2.45, 2.75) is 15.7 Å². The van der Waals surface area contributed by atoms with E-state index in [4.69, 9.17) is 4.74 Å². The van der Waals surface area contributed by atoms with E-state index in [1.165, 1.54) is 20.9 Å². The quantitative estimate of drug-likeness (QED) is 0.787. The number of hydrogen-bond donors (Lipinski definition) is 0. The van der Waals surface area contributed by atoms with Gasteiger partial charge in [-0.05, 0) is 23.3 Å². The first-order chi connectivity index (χ1) is 8.90. The Morgan fingerprint density at radius 3 is 2.11 bits per heavy atom. The maximum atomic E-state index is 10.4. The van der Waals surface area contributed by atoms with Crippen LogP contribution in [0.1, 0.15) is 17.0 Å². The largest absolute Gasteiger partial charge is 0.467 e. The van der Waals surface area contributed by atoms with Crippen LogP contribution in [0, 0.1) is 0 Å². The smallest absolute Gasteiger partial charge is 0.293 e. The molecular weight excluding hydrogens is 244 g/mol. The van der Waals surface area contributed by atoms with Crippen molar-refractivity contribution in [3.8, 4) is 0 Å². The van der Waals surface area contributed by atoms with Crippen molar-refractivity contribution in [3.05, 3.63) is 59.7 Å². The van der Waals surface area contributed by atoms with Crippen LogP contribution in [-0.4, -0.2) is 13.1 Å². The molecule has 3 heteroatoms. The summed E-state index contributed by atoms with van der Waals surface area (Å²) in [5, 5.41) is 0. The highest BCUT2D eigenvalue weighted by molar-refractivity contribution is 7.99. The third-order valence-electron chi connectivity index (χ3n) is 3.14. The second-order valence-electron chi connectivity index (χ2n) is 4.16. The molecule has 0 aromatic heterocycles. The Morgan fingerprint density at radius 1 is 1.00 bits per heavy atom. The molecule has 18 heavy (non-hydrogen) atoms. The standard InChI is InChI=1S/C15H12O2S/c16-10-17-9-13-11-5-1-3-7-14(11)18-15-8-4-2-6-12(13)15/h1-8,10,13H,9H2. The van der Waals surface area contributed by atoms with Crippen LogP contribution in [0.2, 0.25) is 0 Å². The second-order valence-corrected chi connectivity index (χ2v) is 5.24. The fraction of sp³-hybridized carbons (Fsp3) is 0.133. The Labute approximate surface area is 110 Å². The highest BCUT2D eigenvalue weighted by atomic mass is 32.2. The van der Waals surface area contributed by atoms with Gasteiger partial charge < -0.3 is 4.74 Å². The van der Waals surface area contributed by atoms with Gasteiger partial charge in [0, 0.05) is 15.7 Å². The molecule has 2 nitrogen and oxygen atoms in total. The molecule has 1 heterocycles. The van der Waals surface area contributed by atoms with Gasteiger partial charge in [0.1, 0.15) is 6.61 Å². The monoisotopic (exact) mass is 256 g/mol. The summed E-state index contributed by atoms with van der Waals surface area (Å²) in [7, 11) is 0. The van der Waals surface area contributed by atoms with Crippen molar-refractivity contribution in [1.29, 1.82) is 0 Å². The van der Waals surface area contributed by atoms with E-state index >= 15 is 0 Å². The Morgan fingerprint density at radius 2 is 1.56 bits per heavy atom. The molecule has 0 radical (unpaired) electrons. The molecule has 0 bridgehead atoms. The number of rotatable bonds is 3. The topological polar surface area (TPSA) is 26.3 Å². The van der Waals surface area contributed by atoms with Crippen molar-refractivity contribution in [1.82, 2.24) is 0 Å². The lowest BCUT2D eigenvalue weighted by Crippen LogP contribution is -2.14. The zero-order valence-electron chi connectivity index (χ0n) is 9.71. The van der Waals surface area contributed by atoms with Crippen molar-refractivity contribution in [2.75, 3.05) is 6.61 Å². The number of ether oxygens (including phenoxy) is 1. The molecule has 0 saturated carbocycles. The van der Waals surface area contributed by atoms with E-state index in [9.17, 15) is 4.79 Å². The molecule has 0 N–H and O–H groups in total. The Balaban J connectivity index is 2.08. The number of fused-ring (bicyclic) bond motifs is 2. The number of benzene rings is 2. The Kier molecular flexibility index (Phi) is 3.07. The first kappa shape index (κ1) is 11.4. The minimum absolute atomic E-state index is 0.142. The SMILES string of the molecule is O=COCC1c2ccccc2Sc2ccccc21. The fourth-order valence-electron chi connectivity index (χ4n) is 2.32. The first-order valence-corrected chi connectivity index (χ1v) is 6.63.